The van der Waals surface area contributed by atoms with Crippen molar-refractivity contribution in [3.8, 4) is 22.4 Å². The van der Waals surface area contributed by atoms with Crippen LogP contribution in [0.2, 0.25) is 0 Å². The van der Waals surface area contributed by atoms with Crippen LogP contribution < -0.4 is 10.1 Å². The van der Waals surface area contributed by atoms with E-state index in [0.29, 0.717) is 40.1 Å². The first-order valence-electron chi connectivity index (χ1n) is 10.4. The first-order valence-corrected chi connectivity index (χ1v) is 11.2. The van der Waals surface area contributed by atoms with Gasteiger partial charge in [0.25, 0.3) is 5.91 Å². The van der Waals surface area contributed by atoms with Gasteiger partial charge in [-0.05, 0) is 31.0 Å². The summed E-state index contributed by atoms with van der Waals surface area (Å²) < 4.78 is 10.7. The predicted octanol–water partition coefficient (Wildman–Crippen LogP) is 0.555. The predicted molar refractivity (Wildman–Crippen MR) is 119 cm³/mol. The Bertz CT molecular complexity index is 1040. The molecule has 1 fully saturated rings. The number of carbonyl (C=O) groups is 1. The molecule has 5 atom stereocenters. The number of benzene rings is 1. The highest BCUT2D eigenvalue weighted by atomic mass is 32.1. The molecule has 1 aliphatic heterocycles. The number of hydrogen-bond acceptors (Lipinski definition) is 10. The first kappa shape index (κ1) is 25.0. The van der Waals surface area contributed by atoms with Crippen LogP contribution in [0.1, 0.15) is 34.8 Å². The molecule has 33 heavy (non-hydrogen) atoms. The van der Waals surface area contributed by atoms with Crippen LogP contribution >= 0.6 is 11.3 Å². The molecule has 0 spiro atoms. The van der Waals surface area contributed by atoms with Crippen molar-refractivity contribution in [2.75, 3.05) is 13.2 Å². The number of rotatable bonds is 7. The van der Waals surface area contributed by atoms with Crippen LogP contribution in [0.3, 0.4) is 0 Å². The molecule has 0 saturated carbocycles. The van der Waals surface area contributed by atoms with Crippen LogP contribution in [-0.2, 0) is 4.74 Å². The molecular formula is C22H27N3O7S. The third-order valence-electron chi connectivity index (χ3n) is 5.12. The van der Waals surface area contributed by atoms with Gasteiger partial charge in [0.2, 0.25) is 0 Å². The van der Waals surface area contributed by atoms with Crippen LogP contribution in [0.15, 0.2) is 18.2 Å². The molecule has 3 rings (SSSR count). The molecule has 2 aromatic rings. The van der Waals surface area contributed by atoms with Crippen molar-refractivity contribution in [1.82, 2.24) is 10.3 Å². The zero-order chi connectivity index (χ0) is 24.3. The van der Waals surface area contributed by atoms with Gasteiger partial charge in [-0.15, -0.1) is 11.3 Å². The van der Waals surface area contributed by atoms with Crippen LogP contribution in [0.25, 0.3) is 10.6 Å². The second-order valence-electron chi connectivity index (χ2n) is 8.19. The number of nitrogens with one attached hydrogen (secondary N) is 1. The summed E-state index contributed by atoms with van der Waals surface area (Å²) in [4.78, 5) is 17.5. The van der Waals surface area contributed by atoms with Gasteiger partial charge in [0, 0.05) is 5.56 Å². The molecule has 1 aromatic heterocycles. The number of aromatic nitrogens is 1. The number of ether oxygens (including phenoxy) is 2. The lowest BCUT2D eigenvalue weighted by molar-refractivity contribution is -0.252. The van der Waals surface area contributed by atoms with Crippen LogP contribution in [0, 0.1) is 24.2 Å². The van der Waals surface area contributed by atoms with E-state index in [9.17, 15) is 30.5 Å². The molecule has 0 aliphatic carbocycles. The first-order chi connectivity index (χ1) is 15.7. The Morgan fingerprint density at radius 1 is 1.33 bits per heavy atom. The zero-order valence-electron chi connectivity index (χ0n) is 18.4. The average Bonchev–Trinajstić information content (AvgIpc) is 3.19. The lowest BCUT2D eigenvalue weighted by atomic mass is 9.97. The van der Waals surface area contributed by atoms with Gasteiger partial charge in [-0.1, -0.05) is 13.8 Å². The SMILES string of the molecule is Cc1nc(-c2ccc(OCC(C)C)c(C#N)c2)sc1C(=O)NC1C(O)OC(CO)C(O)C1O. The quantitative estimate of drug-likeness (QED) is 0.383. The number of hydrogen-bond donors (Lipinski definition) is 5. The van der Waals surface area contributed by atoms with Crippen LogP contribution in [0.4, 0.5) is 0 Å². The van der Waals surface area contributed by atoms with E-state index < -0.39 is 43.2 Å². The van der Waals surface area contributed by atoms with Crippen LogP contribution in [0.5, 0.6) is 5.75 Å². The van der Waals surface area contributed by atoms with Crippen molar-refractivity contribution in [1.29, 1.82) is 5.26 Å². The summed E-state index contributed by atoms with van der Waals surface area (Å²) in [6, 6.07) is 5.90. The lowest BCUT2D eigenvalue weighted by Gasteiger charge is -2.40. The van der Waals surface area contributed by atoms with E-state index in [1.165, 1.54) is 0 Å². The van der Waals surface area contributed by atoms with Gasteiger partial charge in [0.1, 0.15) is 46.1 Å². The summed E-state index contributed by atoms with van der Waals surface area (Å²) in [6.45, 7) is 5.54. The Morgan fingerprint density at radius 3 is 2.70 bits per heavy atom. The van der Waals surface area contributed by atoms with Gasteiger partial charge in [-0.25, -0.2) is 4.98 Å². The molecule has 2 heterocycles. The molecule has 5 N–H and O–H groups in total. The highest BCUT2D eigenvalue weighted by molar-refractivity contribution is 7.17. The fourth-order valence-corrected chi connectivity index (χ4v) is 4.30. The number of aliphatic hydroxyl groups excluding tert-OH is 4. The number of amides is 1. The largest absolute Gasteiger partial charge is 0.492 e. The summed E-state index contributed by atoms with van der Waals surface area (Å²) in [5.74, 6) is 0.164. The van der Waals surface area contributed by atoms with E-state index in [-0.39, 0.29) is 4.88 Å². The smallest absolute Gasteiger partial charge is 0.263 e. The minimum atomic E-state index is -1.62. The van der Waals surface area contributed by atoms with Crippen molar-refractivity contribution in [2.24, 2.45) is 5.92 Å². The summed E-state index contributed by atoms with van der Waals surface area (Å²) in [6.07, 6.45) is -5.81. The molecule has 5 unspecified atom stereocenters. The third-order valence-corrected chi connectivity index (χ3v) is 6.33. The summed E-state index contributed by atoms with van der Waals surface area (Å²) in [5.41, 5.74) is 1.41. The van der Waals surface area contributed by atoms with Gasteiger partial charge in [0.15, 0.2) is 6.29 Å². The van der Waals surface area contributed by atoms with E-state index in [1.54, 1.807) is 25.1 Å². The Balaban J connectivity index is 1.79. The van der Waals surface area contributed by atoms with Crippen molar-refractivity contribution in [3.05, 3.63) is 34.3 Å². The fourth-order valence-electron chi connectivity index (χ4n) is 3.33. The maximum Gasteiger partial charge on any atom is 0.263 e. The fraction of sp³-hybridized carbons (Fsp3) is 0.500. The highest BCUT2D eigenvalue weighted by Crippen LogP contribution is 2.32. The van der Waals surface area contributed by atoms with Gasteiger partial charge in [-0.2, -0.15) is 5.26 Å². The number of thiazole rings is 1. The molecule has 0 bridgehead atoms. The molecule has 178 valence electrons. The number of carbonyl (C=O) groups excluding carboxylic acids is 1. The second kappa shape index (κ2) is 10.6. The Labute approximate surface area is 195 Å². The minimum absolute atomic E-state index is 0.238. The average molecular weight is 478 g/mol. The van der Waals surface area contributed by atoms with E-state index in [2.05, 4.69) is 16.4 Å². The number of aliphatic hydroxyl groups is 4. The maximum atomic E-state index is 12.8. The third kappa shape index (κ3) is 5.50. The molecule has 10 nitrogen and oxygen atoms in total. The topological polar surface area (TPSA) is 165 Å². The molecular weight excluding hydrogens is 450 g/mol. The molecule has 0 radical (unpaired) electrons. The maximum absolute atomic E-state index is 12.8. The Morgan fingerprint density at radius 2 is 2.06 bits per heavy atom. The summed E-state index contributed by atoms with van der Waals surface area (Å²) in [5, 5.41) is 52.0. The second-order valence-corrected chi connectivity index (χ2v) is 9.19. The highest BCUT2D eigenvalue weighted by Gasteiger charge is 2.44. The molecule has 1 aliphatic rings. The molecule has 1 amide bonds. The van der Waals surface area contributed by atoms with Crippen LogP contribution in [-0.4, -0.2) is 75.2 Å². The van der Waals surface area contributed by atoms with Gasteiger partial charge in [-0.3, -0.25) is 4.79 Å². The van der Waals surface area contributed by atoms with Crippen molar-refractivity contribution < 1.29 is 34.7 Å². The zero-order valence-corrected chi connectivity index (χ0v) is 19.2. The number of nitriles is 1. The lowest BCUT2D eigenvalue weighted by Crippen LogP contribution is -2.64. The normalized spacial score (nSPS) is 25.0. The number of nitrogens with zero attached hydrogens (tertiary/aromatic N) is 2. The molecule has 11 heteroatoms. The Kier molecular flexibility index (Phi) is 8.01. The monoisotopic (exact) mass is 477 g/mol. The molecule has 1 saturated heterocycles. The minimum Gasteiger partial charge on any atom is -0.492 e. The number of aryl methyl sites for hydroxylation is 1. The van der Waals surface area contributed by atoms with Gasteiger partial charge in [0.05, 0.1) is 24.5 Å². The van der Waals surface area contributed by atoms with Crippen molar-refractivity contribution in [3.63, 3.8) is 0 Å². The van der Waals surface area contributed by atoms with E-state index in [4.69, 9.17) is 9.47 Å². The molecule has 1 aromatic carbocycles. The van der Waals surface area contributed by atoms with E-state index in [0.717, 1.165) is 11.3 Å². The van der Waals surface area contributed by atoms with E-state index in [1.807, 2.05) is 13.8 Å². The van der Waals surface area contributed by atoms with Crippen molar-refractivity contribution in [2.45, 2.75) is 51.4 Å². The van der Waals surface area contributed by atoms with E-state index >= 15 is 0 Å². The van der Waals surface area contributed by atoms with Gasteiger partial charge < -0.3 is 35.2 Å². The van der Waals surface area contributed by atoms with Gasteiger partial charge >= 0.3 is 0 Å². The summed E-state index contributed by atoms with van der Waals surface area (Å²) in [7, 11) is 0. The Hall–Kier alpha value is -2.59. The summed E-state index contributed by atoms with van der Waals surface area (Å²) >= 11 is 1.08. The standard InChI is InChI=1S/C22H27N3O7S/c1-10(2)9-31-14-5-4-12(6-13(14)7-23)21-24-11(3)19(33-21)20(29)25-16-18(28)17(27)15(8-26)32-22(16)30/h4-6,10,15-18,22,26-28,30H,8-9H2,1-3H3,(H,25,29). The van der Waals surface area contributed by atoms with Crippen molar-refractivity contribution >= 4 is 17.2 Å².